The molecule has 1 aromatic rings. The zero-order valence-corrected chi connectivity index (χ0v) is 11.4. The average Bonchev–Trinajstić information content (AvgIpc) is 2.81. The standard InChI is InChI=1S/C10H14N4O3S/c1-14(2)6-11-10-12-7(5-18-10)8(13-17-4)9(15)16-3/h5-6H,1-4H3/b11-6?,13-8+. The molecule has 0 fully saturated rings. The second-order valence-corrected chi connectivity index (χ2v) is 4.17. The molecule has 7 nitrogen and oxygen atoms in total. The van der Waals surface area contributed by atoms with Crippen molar-refractivity contribution in [3.8, 4) is 0 Å². The van der Waals surface area contributed by atoms with Gasteiger partial charge in [0.15, 0.2) is 0 Å². The van der Waals surface area contributed by atoms with Gasteiger partial charge in [-0.3, -0.25) is 0 Å². The summed E-state index contributed by atoms with van der Waals surface area (Å²) in [6, 6.07) is 0. The third-order valence-electron chi connectivity index (χ3n) is 1.70. The number of esters is 1. The first-order valence-electron chi connectivity index (χ1n) is 4.94. The van der Waals surface area contributed by atoms with Crippen LogP contribution in [0.1, 0.15) is 5.69 Å². The highest BCUT2D eigenvalue weighted by Crippen LogP contribution is 2.19. The normalized spacial score (nSPS) is 11.7. The molecule has 18 heavy (non-hydrogen) atoms. The van der Waals surface area contributed by atoms with Gasteiger partial charge in [-0.2, -0.15) is 0 Å². The van der Waals surface area contributed by atoms with Gasteiger partial charge in [-0.1, -0.05) is 5.16 Å². The number of aromatic nitrogens is 1. The van der Waals surface area contributed by atoms with E-state index in [0.29, 0.717) is 10.8 Å². The van der Waals surface area contributed by atoms with Gasteiger partial charge >= 0.3 is 5.97 Å². The Balaban J connectivity index is 2.95. The number of hydrogen-bond acceptors (Lipinski definition) is 7. The van der Waals surface area contributed by atoms with Crippen LogP contribution in [0.4, 0.5) is 5.13 Å². The van der Waals surface area contributed by atoms with Gasteiger partial charge < -0.3 is 14.5 Å². The lowest BCUT2D eigenvalue weighted by Gasteiger charge is -2.00. The second-order valence-electron chi connectivity index (χ2n) is 3.34. The summed E-state index contributed by atoms with van der Waals surface area (Å²) in [5.74, 6) is -0.606. The highest BCUT2D eigenvalue weighted by molar-refractivity contribution is 7.13. The van der Waals surface area contributed by atoms with Gasteiger partial charge in [0.2, 0.25) is 10.8 Å². The largest absolute Gasteiger partial charge is 0.464 e. The van der Waals surface area contributed by atoms with Gasteiger partial charge in [0.25, 0.3) is 0 Å². The molecule has 0 amide bonds. The first-order valence-corrected chi connectivity index (χ1v) is 5.82. The molecule has 0 saturated heterocycles. The number of rotatable bonds is 5. The van der Waals surface area contributed by atoms with E-state index in [4.69, 9.17) is 0 Å². The van der Waals surface area contributed by atoms with Crippen molar-refractivity contribution in [2.45, 2.75) is 0 Å². The molecule has 0 N–H and O–H groups in total. The number of carbonyl (C=O) groups excluding carboxylic acids is 1. The number of ether oxygens (including phenoxy) is 1. The van der Waals surface area contributed by atoms with Gasteiger partial charge in [-0.05, 0) is 0 Å². The number of oxime groups is 1. The maximum absolute atomic E-state index is 11.5. The van der Waals surface area contributed by atoms with Gasteiger partial charge in [-0.15, -0.1) is 11.3 Å². The van der Waals surface area contributed by atoms with Gasteiger partial charge in [0, 0.05) is 19.5 Å². The van der Waals surface area contributed by atoms with Crippen LogP contribution in [-0.4, -0.2) is 56.2 Å². The number of carbonyl (C=O) groups is 1. The van der Waals surface area contributed by atoms with E-state index in [-0.39, 0.29) is 5.71 Å². The Morgan fingerprint density at radius 1 is 1.50 bits per heavy atom. The molecule has 0 aliphatic heterocycles. The van der Waals surface area contributed by atoms with Crippen LogP contribution in [0.15, 0.2) is 15.5 Å². The highest BCUT2D eigenvalue weighted by Gasteiger charge is 2.18. The lowest BCUT2D eigenvalue weighted by atomic mass is 10.3. The lowest BCUT2D eigenvalue weighted by molar-refractivity contribution is -0.132. The molecule has 98 valence electrons. The minimum absolute atomic E-state index is 0.0163. The van der Waals surface area contributed by atoms with Crippen molar-refractivity contribution in [1.29, 1.82) is 0 Å². The van der Waals surface area contributed by atoms with E-state index in [0.717, 1.165) is 0 Å². The SMILES string of the molecule is CO/N=C(/C(=O)OC)c1csc(N=CN(C)C)n1. The monoisotopic (exact) mass is 270 g/mol. The Morgan fingerprint density at radius 2 is 2.22 bits per heavy atom. The van der Waals surface area contributed by atoms with Gasteiger partial charge in [0.05, 0.1) is 13.4 Å². The maximum atomic E-state index is 11.5. The van der Waals surface area contributed by atoms with E-state index in [2.05, 4.69) is 24.7 Å². The maximum Gasteiger partial charge on any atom is 0.362 e. The molecule has 0 radical (unpaired) electrons. The first-order chi connectivity index (χ1) is 8.58. The van der Waals surface area contributed by atoms with Gasteiger partial charge in [0.1, 0.15) is 12.8 Å². The number of aliphatic imine (C=N–C) groups is 1. The van der Waals surface area contributed by atoms with E-state index in [1.54, 1.807) is 16.6 Å². The molecule has 1 heterocycles. The van der Waals surface area contributed by atoms with E-state index < -0.39 is 5.97 Å². The van der Waals surface area contributed by atoms with E-state index in [1.807, 2.05) is 14.1 Å². The van der Waals surface area contributed by atoms with E-state index in [9.17, 15) is 4.79 Å². The molecule has 0 spiro atoms. The fraction of sp³-hybridized carbons (Fsp3) is 0.400. The Morgan fingerprint density at radius 3 is 2.78 bits per heavy atom. The first kappa shape index (κ1) is 14.1. The molecular formula is C10H14N4O3S. The quantitative estimate of drug-likeness (QED) is 0.344. The minimum atomic E-state index is -0.606. The summed E-state index contributed by atoms with van der Waals surface area (Å²) in [6.07, 6.45) is 1.62. The van der Waals surface area contributed by atoms with Crippen molar-refractivity contribution in [2.75, 3.05) is 28.3 Å². The fourth-order valence-corrected chi connectivity index (χ4v) is 1.61. The molecule has 0 aliphatic carbocycles. The number of thiazole rings is 1. The molecule has 1 rings (SSSR count). The summed E-state index contributed by atoms with van der Waals surface area (Å²) in [6.45, 7) is 0. The van der Waals surface area contributed by atoms with Crippen LogP contribution >= 0.6 is 11.3 Å². The third-order valence-corrected chi connectivity index (χ3v) is 2.44. The Kier molecular flexibility index (Phi) is 5.25. The van der Waals surface area contributed by atoms with Gasteiger partial charge in [-0.25, -0.2) is 14.8 Å². The molecule has 0 unspecified atom stereocenters. The predicted molar refractivity (Wildman–Crippen MR) is 69.5 cm³/mol. The molecule has 0 atom stereocenters. The Bertz CT molecular complexity index is 467. The van der Waals surface area contributed by atoms with Crippen LogP contribution in [0.2, 0.25) is 0 Å². The van der Waals surface area contributed by atoms with Crippen LogP contribution < -0.4 is 0 Å². The van der Waals surface area contributed by atoms with Crippen molar-refractivity contribution in [2.24, 2.45) is 10.1 Å². The summed E-state index contributed by atoms with van der Waals surface area (Å²) >= 11 is 1.29. The van der Waals surface area contributed by atoms with Crippen molar-refractivity contribution >= 4 is 34.5 Å². The number of hydrogen-bond donors (Lipinski definition) is 0. The Labute approximate surface area is 109 Å². The van der Waals surface area contributed by atoms with Crippen molar-refractivity contribution in [3.63, 3.8) is 0 Å². The summed E-state index contributed by atoms with van der Waals surface area (Å²) in [4.78, 5) is 26.1. The van der Waals surface area contributed by atoms with Crippen LogP contribution in [0.5, 0.6) is 0 Å². The third kappa shape index (κ3) is 3.81. The van der Waals surface area contributed by atoms with Crippen molar-refractivity contribution in [3.05, 3.63) is 11.1 Å². The lowest BCUT2D eigenvalue weighted by Crippen LogP contribution is -2.17. The smallest absolute Gasteiger partial charge is 0.362 e. The average molecular weight is 270 g/mol. The summed E-state index contributed by atoms with van der Waals surface area (Å²) < 4.78 is 4.60. The zero-order valence-electron chi connectivity index (χ0n) is 10.6. The molecule has 0 bridgehead atoms. The van der Waals surface area contributed by atoms with Crippen molar-refractivity contribution in [1.82, 2.24) is 9.88 Å². The van der Waals surface area contributed by atoms with Crippen LogP contribution in [0.25, 0.3) is 0 Å². The van der Waals surface area contributed by atoms with Crippen LogP contribution in [-0.2, 0) is 14.4 Å². The fourth-order valence-electron chi connectivity index (χ4n) is 0.974. The summed E-state index contributed by atoms with van der Waals surface area (Å²) in [7, 11) is 6.32. The number of methoxy groups -OCH3 is 1. The van der Waals surface area contributed by atoms with E-state index >= 15 is 0 Å². The highest BCUT2D eigenvalue weighted by atomic mass is 32.1. The number of nitrogens with zero attached hydrogens (tertiary/aromatic N) is 4. The van der Waals surface area contributed by atoms with E-state index in [1.165, 1.54) is 25.6 Å². The second kappa shape index (κ2) is 6.70. The zero-order chi connectivity index (χ0) is 13.5. The van der Waals surface area contributed by atoms with Crippen LogP contribution in [0, 0.1) is 0 Å². The summed E-state index contributed by atoms with van der Waals surface area (Å²) in [5, 5.41) is 5.78. The molecule has 0 saturated carbocycles. The Hall–Kier alpha value is -1.96. The predicted octanol–water partition coefficient (Wildman–Crippen LogP) is 0.888. The topological polar surface area (TPSA) is 76.4 Å². The van der Waals surface area contributed by atoms with Crippen LogP contribution in [0.3, 0.4) is 0 Å². The molecule has 0 aromatic carbocycles. The van der Waals surface area contributed by atoms with Crippen molar-refractivity contribution < 1.29 is 14.4 Å². The summed E-state index contributed by atoms with van der Waals surface area (Å²) in [5.41, 5.74) is 0.391. The molecular weight excluding hydrogens is 256 g/mol. The molecule has 1 aromatic heterocycles. The molecule has 8 heteroatoms. The minimum Gasteiger partial charge on any atom is -0.464 e. The molecule has 0 aliphatic rings.